The second kappa shape index (κ2) is 4.71. The Morgan fingerprint density at radius 1 is 1.50 bits per heavy atom. The summed E-state index contributed by atoms with van der Waals surface area (Å²) in [6.07, 6.45) is 0. The third kappa shape index (κ3) is 3.14. The maximum absolute atomic E-state index is 10.3. The molecule has 0 amide bonds. The standard InChI is InChI=1S/C8H8BrN3O2/c1-6(9)10-11-7-2-4-8(5-3-7)12(13)14/h2-5,11H,1H3/b10-6+. The average Bonchev–Trinajstić information content (AvgIpc) is 2.15. The molecule has 0 aliphatic rings. The molecule has 0 fully saturated rings. The first-order valence-electron chi connectivity index (χ1n) is 3.80. The van der Waals surface area contributed by atoms with Crippen LogP contribution in [0.1, 0.15) is 6.92 Å². The molecule has 0 aliphatic heterocycles. The number of nitrogens with zero attached hydrogens (tertiary/aromatic N) is 2. The fourth-order valence-electron chi connectivity index (χ4n) is 0.799. The Morgan fingerprint density at radius 3 is 2.50 bits per heavy atom. The number of hydrazone groups is 1. The number of anilines is 1. The van der Waals surface area contributed by atoms with E-state index in [4.69, 9.17) is 0 Å². The number of hydrogen-bond acceptors (Lipinski definition) is 4. The van der Waals surface area contributed by atoms with Crippen LogP contribution in [0.4, 0.5) is 11.4 Å². The van der Waals surface area contributed by atoms with Crippen molar-refractivity contribution in [3.05, 3.63) is 34.4 Å². The quantitative estimate of drug-likeness (QED) is 0.515. The summed E-state index contributed by atoms with van der Waals surface area (Å²) in [7, 11) is 0. The number of rotatable bonds is 3. The van der Waals surface area contributed by atoms with Gasteiger partial charge in [-0.05, 0) is 35.0 Å². The van der Waals surface area contributed by atoms with Crippen molar-refractivity contribution in [2.45, 2.75) is 6.92 Å². The van der Waals surface area contributed by atoms with Gasteiger partial charge >= 0.3 is 0 Å². The highest BCUT2D eigenvalue weighted by Gasteiger charge is 2.02. The van der Waals surface area contributed by atoms with Crippen LogP contribution in [0, 0.1) is 10.1 Å². The zero-order valence-electron chi connectivity index (χ0n) is 7.40. The topological polar surface area (TPSA) is 67.5 Å². The van der Waals surface area contributed by atoms with Crippen molar-refractivity contribution < 1.29 is 4.92 Å². The Hall–Kier alpha value is -1.43. The molecule has 0 spiro atoms. The molecule has 1 aromatic rings. The molecule has 0 heterocycles. The van der Waals surface area contributed by atoms with Crippen molar-refractivity contribution >= 4 is 31.9 Å². The fraction of sp³-hybridized carbons (Fsp3) is 0.125. The van der Waals surface area contributed by atoms with E-state index in [-0.39, 0.29) is 5.69 Å². The van der Waals surface area contributed by atoms with Gasteiger partial charge in [-0.1, -0.05) is 0 Å². The van der Waals surface area contributed by atoms with E-state index in [2.05, 4.69) is 26.5 Å². The molecule has 0 atom stereocenters. The Bertz CT molecular complexity index is 357. The smallest absolute Gasteiger partial charge is 0.269 e. The molecule has 0 bridgehead atoms. The SMILES string of the molecule is C/C(Br)=N\Nc1ccc([N+](=O)[O-])cc1. The molecular formula is C8H8BrN3O2. The van der Waals surface area contributed by atoms with E-state index in [1.165, 1.54) is 12.1 Å². The van der Waals surface area contributed by atoms with Gasteiger partial charge in [0, 0.05) is 12.1 Å². The van der Waals surface area contributed by atoms with Crippen molar-refractivity contribution in [3.63, 3.8) is 0 Å². The average molecular weight is 258 g/mol. The zero-order chi connectivity index (χ0) is 10.6. The first-order valence-corrected chi connectivity index (χ1v) is 4.59. The van der Waals surface area contributed by atoms with Gasteiger partial charge in [0.1, 0.15) is 4.62 Å². The van der Waals surface area contributed by atoms with Crippen LogP contribution >= 0.6 is 15.9 Å². The third-order valence-electron chi connectivity index (χ3n) is 1.42. The highest BCUT2D eigenvalue weighted by atomic mass is 79.9. The number of benzene rings is 1. The van der Waals surface area contributed by atoms with Crippen molar-refractivity contribution in [3.8, 4) is 0 Å². The number of halogens is 1. The minimum absolute atomic E-state index is 0.0649. The van der Waals surface area contributed by atoms with Gasteiger partial charge in [0.15, 0.2) is 0 Å². The van der Waals surface area contributed by atoms with Gasteiger partial charge in [-0.2, -0.15) is 5.10 Å². The van der Waals surface area contributed by atoms with E-state index >= 15 is 0 Å². The predicted molar refractivity (Wildman–Crippen MR) is 58.8 cm³/mol. The van der Waals surface area contributed by atoms with E-state index < -0.39 is 4.92 Å². The third-order valence-corrected chi connectivity index (χ3v) is 1.59. The van der Waals surface area contributed by atoms with Crippen LogP contribution < -0.4 is 5.43 Å². The summed E-state index contributed by atoms with van der Waals surface area (Å²) in [6.45, 7) is 1.78. The van der Waals surface area contributed by atoms with Gasteiger partial charge in [-0.15, -0.1) is 0 Å². The van der Waals surface area contributed by atoms with Crippen molar-refractivity contribution in [1.82, 2.24) is 0 Å². The summed E-state index contributed by atoms with van der Waals surface area (Å²) in [5, 5.41) is 14.2. The molecule has 74 valence electrons. The summed E-state index contributed by atoms with van der Waals surface area (Å²) in [4.78, 5) is 9.89. The normalized spacial score (nSPS) is 11.1. The number of nitrogens with one attached hydrogen (secondary N) is 1. The molecule has 1 aromatic carbocycles. The number of non-ortho nitro benzene ring substituents is 1. The lowest BCUT2D eigenvalue weighted by atomic mass is 10.3. The van der Waals surface area contributed by atoms with Crippen LogP contribution in [0.15, 0.2) is 29.4 Å². The number of hydrogen-bond donors (Lipinski definition) is 1. The monoisotopic (exact) mass is 257 g/mol. The van der Waals surface area contributed by atoms with Crippen molar-refractivity contribution in [1.29, 1.82) is 0 Å². The molecule has 5 nitrogen and oxygen atoms in total. The first kappa shape index (κ1) is 10.6. The van der Waals surface area contributed by atoms with E-state index in [1.807, 2.05) is 0 Å². The molecule has 1 rings (SSSR count). The van der Waals surface area contributed by atoms with Crippen LogP contribution in [0.2, 0.25) is 0 Å². The lowest BCUT2D eigenvalue weighted by molar-refractivity contribution is -0.384. The van der Waals surface area contributed by atoms with Crippen LogP contribution in [0.5, 0.6) is 0 Å². The summed E-state index contributed by atoms with van der Waals surface area (Å²) in [5.41, 5.74) is 3.50. The van der Waals surface area contributed by atoms with Crippen molar-refractivity contribution in [2.75, 3.05) is 5.43 Å². The van der Waals surface area contributed by atoms with Gasteiger partial charge in [-0.3, -0.25) is 15.5 Å². The van der Waals surface area contributed by atoms with Gasteiger partial charge in [0.05, 0.1) is 10.6 Å². The molecule has 0 aliphatic carbocycles. The minimum Gasteiger partial charge on any atom is -0.278 e. The Morgan fingerprint density at radius 2 is 2.07 bits per heavy atom. The Kier molecular flexibility index (Phi) is 3.58. The van der Waals surface area contributed by atoms with E-state index in [1.54, 1.807) is 19.1 Å². The second-order valence-corrected chi connectivity index (χ2v) is 3.67. The highest BCUT2D eigenvalue weighted by Crippen LogP contribution is 2.15. The number of nitro benzene ring substituents is 1. The largest absolute Gasteiger partial charge is 0.278 e. The Balaban J connectivity index is 2.74. The lowest BCUT2D eigenvalue weighted by Gasteiger charge is -1.98. The van der Waals surface area contributed by atoms with Gasteiger partial charge in [0.25, 0.3) is 5.69 Å². The predicted octanol–water partition coefficient (Wildman–Crippen LogP) is 2.74. The van der Waals surface area contributed by atoms with Crippen LogP contribution in [0.3, 0.4) is 0 Å². The summed E-state index contributed by atoms with van der Waals surface area (Å²) >= 11 is 3.15. The molecule has 0 radical (unpaired) electrons. The van der Waals surface area contributed by atoms with Crippen molar-refractivity contribution in [2.24, 2.45) is 5.10 Å². The molecule has 0 unspecified atom stereocenters. The van der Waals surface area contributed by atoms with Crippen LogP contribution in [-0.2, 0) is 0 Å². The van der Waals surface area contributed by atoms with Gasteiger partial charge in [0.2, 0.25) is 0 Å². The van der Waals surface area contributed by atoms with E-state index in [0.29, 0.717) is 10.3 Å². The molecule has 6 heteroatoms. The molecule has 1 N–H and O–H groups in total. The zero-order valence-corrected chi connectivity index (χ0v) is 8.98. The summed E-state index contributed by atoms with van der Waals surface area (Å²) in [6, 6.07) is 6.03. The molecule has 0 aromatic heterocycles. The van der Waals surface area contributed by atoms with Gasteiger partial charge in [-0.25, -0.2) is 0 Å². The second-order valence-electron chi connectivity index (χ2n) is 2.52. The maximum Gasteiger partial charge on any atom is 0.269 e. The fourth-order valence-corrected chi connectivity index (χ4v) is 0.888. The first-order chi connectivity index (χ1) is 6.59. The van der Waals surface area contributed by atoms with Crippen LogP contribution in [0.25, 0.3) is 0 Å². The Labute approximate surface area is 89.1 Å². The highest BCUT2D eigenvalue weighted by molar-refractivity contribution is 9.18. The maximum atomic E-state index is 10.3. The van der Waals surface area contributed by atoms with E-state index in [0.717, 1.165) is 0 Å². The lowest BCUT2D eigenvalue weighted by Crippen LogP contribution is -1.92. The molecule has 0 saturated heterocycles. The summed E-state index contributed by atoms with van der Waals surface area (Å²) < 4.78 is 0.704. The number of nitro groups is 1. The minimum atomic E-state index is -0.442. The van der Waals surface area contributed by atoms with Crippen LogP contribution in [-0.4, -0.2) is 9.54 Å². The molecular weight excluding hydrogens is 250 g/mol. The molecule has 14 heavy (non-hydrogen) atoms. The van der Waals surface area contributed by atoms with E-state index in [9.17, 15) is 10.1 Å². The molecule has 0 saturated carbocycles. The summed E-state index contributed by atoms with van der Waals surface area (Å²) in [5.74, 6) is 0. The van der Waals surface area contributed by atoms with Gasteiger partial charge < -0.3 is 0 Å².